The first kappa shape index (κ1) is 28.0. The highest BCUT2D eigenvalue weighted by molar-refractivity contribution is 6.47. The molecule has 0 fully saturated rings. The maximum atomic E-state index is 15.3. The number of aryl methyl sites for hydroxylation is 1. The molecule has 2 aromatic carbocycles. The molecule has 1 amide bonds. The van der Waals surface area contributed by atoms with Gasteiger partial charge in [0.25, 0.3) is 5.91 Å². The van der Waals surface area contributed by atoms with E-state index in [1.165, 1.54) is 17.2 Å². The molecule has 0 saturated heterocycles. The van der Waals surface area contributed by atoms with Gasteiger partial charge < -0.3 is 14.7 Å². The van der Waals surface area contributed by atoms with E-state index in [4.69, 9.17) is 4.65 Å². The van der Waals surface area contributed by atoms with Crippen molar-refractivity contribution in [3.8, 4) is 11.3 Å². The summed E-state index contributed by atoms with van der Waals surface area (Å²) in [6, 6.07) is 16.6. The third kappa shape index (κ3) is 5.16. The Morgan fingerprint density at radius 2 is 1.90 bits per heavy atom. The number of aliphatic hydroxyl groups is 1. The molecule has 208 valence electrons. The summed E-state index contributed by atoms with van der Waals surface area (Å²) in [6.45, 7) is 11.6. The number of hydrogen-bond donors (Lipinski definition) is 1. The molecule has 1 atom stereocenters. The third-order valence-corrected chi connectivity index (χ3v) is 8.32. The van der Waals surface area contributed by atoms with E-state index in [9.17, 15) is 9.90 Å². The van der Waals surface area contributed by atoms with Crippen LogP contribution in [0.5, 0.6) is 0 Å². The van der Waals surface area contributed by atoms with Crippen molar-refractivity contribution in [1.82, 2.24) is 19.5 Å². The Bertz CT molecular complexity index is 1580. The quantitative estimate of drug-likeness (QED) is 0.351. The van der Waals surface area contributed by atoms with Gasteiger partial charge in [-0.25, -0.2) is 13.9 Å². The summed E-state index contributed by atoms with van der Waals surface area (Å²) in [5.41, 5.74) is 3.70. The molecule has 5 rings (SSSR count). The van der Waals surface area contributed by atoms with Gasteiger partial charge in [0.2, 0.25) is 0 Å². The molecule has 4 aromatic rings. The van der Waals surface area contributed by atoms with Crippen molar-refractivity contribution in [3.63, 3.8) is 0 Å². The molecule has 2 aromatic heterocycles. The van der Waals surface area contributed by atoms with Crippen LogP contribution >= 0.6 is 0 Å². The van der Waals surface area contributed by atoms with Gasteiger partial charge in [-0.15, -0.1) is 0 Å². The molecule has 1 aliphatic heterocycles. The minimum absolute atomic E-state index is 0.0494. The lowest BCUT2D eigenvalue weighted by molar-refractivity contribution is -0.0893. The van der Waals surface area contributed by atoms with Gasteiger partial charge in [0, 0.05) is 23.9 Å². The summed E-state index contributed by atoms with van der Waals surface area (Å²) >= 11 is 0. The minimum atomic E-state index is -1.05. The van der Waals surface area contributed by atoms with Crippen molar-refractivity contribution in [2.75, 3.05) is 6.54 Å². The highest BCUT2D eigenvalue weighted by Crippen LogP contribution is 2.31. The monoisotopic (exact) mass is 542 g/mol. The van der Waals surface area contributed by atoms with Crippen molar-refractivity contribution < 1.29 is 18.9 Å². The number of fused-ring (bicyclic) bond motifs is 2. The van der Waals surface area contributed by atoms with E-state index >= 15 is 4.39 Å². The zero-order chi connectivity index (χ0) is 28.8. The number of amides is 1. The lowest BCUT2D eigenvalue weighted by atomic mass is 9.82. The zero-order valence-electron chi connectivity index (χ0n) is 24.0. The van der Waals surface area contributed by atoms with Gasteiger partial charge in [-0.3, -0.25) is 4.79 Å². The second-order valence-corrected chi connectivity index (χ2v) is 11.6. The van der Waals surface area contributed by atoms with Gasteiger partial charge in [0.1, 0.15) is 11.5 Å². The summed E-state index contributed by atoms with van der Waals surface area (Å²) in [6.07, 6.45) is 1.44. The van der Waals surface area contributed by atoms with Crippen LogP contribution in [-0.4, -0.2) is 55.7 Å². The number of nitrogens with zero attached hydrogens (tertiary/aromatic N) is 4. The number of halogens is 1. The fourth-order valence-electron chi connectivity index (χ4n) is 5.02. The molecule has 3 heterocycles. The summed E-state index contributed by atoms with van der Waals surface area (Å²) in [7, 11) is 0.158. The van der Waals surface area contributed by atoms with Crippen molar-refractivity contribution in [3.05, 3.63) is 82.9 Å². The van der Waals surface area contributed by atoms with Gasteiger partial charge in [0.15, 0.2) is 5.65 Å². The highest BCUT2D eigenvalue weighted by atomic mass is 19.1. The van der Waals surface area contributed by atoms with E-state index in [1.54, 1.807) is 56.5 Å². The lowest BCUT2D eigenvalue weighted by Crippen LogP contribution is -2.49. The van der Waals surface area contributed by atoms with Crippen molar-refractivity contribution >= 4 is 24.5 Å². The zero-order valence-corrected chi connectivity index (χ0v) is 24.0. The Labute approximate surface area is 235 Å². The Balaban J connectivity index is 1.42. The molecule has 40 heavy (non-hydrogen) atoms. The van der Waals surface area contributed by atoms with Gasteiger partial charge in [0.05, 0.1) is 22.9 Å². The molecular weight excluding hydrogens is 506 g/mol. The summed E-state index contributed by atoms with van der Waals surface area (Å²) < 4.78 is 22.9. The maximum Gasteiger partial charge on any atom is 0.309 e. The smallest absolute Gasteiger partial charge is 0.309 e. The van der Waals surface area contributed by atoms with Crippen LogP contribution in [0.15, 0.2) is 54.6 Å². The molecule has 1 N–H and O–H groups in total. The molecule has 0 saturated carbocycles. The van der Waals surface area contributed by atoms with Crippen LogP contribution in [0, 0.1) is 5.82 Å². The molecule has 7 nitrogen and oxygen atoms in total. The SMILES string of the molecule is CCc1cc(C(=O)N2CCc3ccccc3C2C)nc2cc(-c3ccc(BOC(C)(C)C(C)(C)O)cc3F)nn12. The van der Waals surface area contributed by atoms with Gasteiger partial charge in [-0.1, -0.05) is 43.3 Å². The molecule has 0 radical (unpaired) electrons. The van der Waals surface area contributed by atoms with Crippen LogP contribution in [0.2, 0.25) is 0 Å². The van der Waals surface area contributed by atoms with Gasteiger partial charge in [-0.05, 0) is 76.2 Å². The van der Waals surface area contributed by atoms with Gasteiger partial charge in [-0.2, -0.15) is 5.10 Å². The number of carbonyl (C=O) groups excluding carboxylic acids is 1. The molecule has 1 unspecified atom stereocenters. The third-order valence-electron chi connectivity index (χ3n) is 8.32. The Hall–Kier alpha value is -3.56. The number of rotatable bonds is 7. The minimum Gasteiger partial charge on any atom is -0.427 e. The van der Waals surface area contributed by atoms with Crippen molar-refractivity contribution in [2.45, 2.75) is 71.6 Å². The van der Waals surface area contributed by atoms with Gasteiger partial charge >= 0.3 is 7.48 Å². The van der Waals surface area contributed by atoms with E-state index < -0.39 is 17.0 Å². The lowest BCUT2D eigenvalue weighted by Gasteiger charge is -2.37. The molecule has 0 aliphatic carbocycles. The fraction of sp³-hybridized carbons (Fsp3) is 0.387. The van der Waals surface area contributed by atoms with Crippen LogP contribution in [0.3, 0.4) is 0 Å². The van der Waals surface area contributed by atoms with E-state index in [0.717, 1.165) is 12.1 Å². The first-order valence-corrected chi connectivity index (χ1v) is 13.8. The molecule has 0 bridgehead atoms. The fourth-order valence-corrected chi connectivity index (χ4v) is 5.02. The normalized spacial score (nSPS) is 15.8. The summed E-state index contributed by atoms with van der Waals surface area (Å²) in [5.74, 6) is -0.549. The van der Waals surface area contributed by atoms with Crippen molar-refractivity contribution in [1.29, 1.82) is 0 Å². The topological polar surface area (TPSA) is 80.0 Å². The summed E-state index contributed by atoms with van der Waals surface area (Å²) in [5, 5.41) is 15.0. The van der Waals surface area contributed by atoms with Crippen LogP contribution in [-0.2, 0) is 17.5 Å². The second-order valence-electron chi connectivity index (χ2n) is 11.6. The molecule has 9 heteroatoms. The number of carbonyl (C=O) groups is 1. The van der Waals surface area contributed by atoms with Crippen LogP contribution < -0.4 is 5.46 Å². The van der Waals surface area contributed by atoms with E-state index in [-0.39, 0.29) is 19.4 Å². The van der Waals surface area contributed by atoms with Crippen LogP contribution in [0.25, 0.3) is 16.9 Å². The average molecular weight is 542 g/mol. The van der Waals surface area contributed by atoms with Crippen LogP contribution in [0.1, 0.15) is 74.9 Å². The number of aromatic nitrogens is 3. The first-order valence-electron chi connectivity index (χ1n) is 13.8. The largest absolute Gasteiger partial charge is 0.427 e. The number of hydrogen-bond acceptors (Lipinski definition) is 5. The predicted molar refractivity (Wildman–Crippen MR) is 156 cm³/mol. The Morgan fingerprint density at radius 1 is 1.15 bits per heavy atom. The standard InChI is InChI=1S/C31H36BFN4O3/c1-7-22-17-27(29(38)36-15-14-20-10-8-9-11-23(20)19(36)2)34-28-18-26(35-37(22)28)24-13-12-21(16-25(24)33)32-40-31(5,6)30(3,4)39/h8-13,16-19,32,39H,7,14-15H2,1-6H3. The highest BCUT2D eigenvalue weighted by Gasteiger charge is 2.35. The molecule has 1 aliphatic rings. The van der Waals surface area contributed by atoms with E-state index in [0.29, 0.717) is 41.0 Å². The predicted octanol–water partition coefficient (Wildman–Crippen LogP) is 4.40. The Morgan fingerprint density at radius 3 is 2.60 bits per heavy atom. The first-order chi connectivity index (χ1) is 18.9. The van der Waals surface area contributed by atoms with Crippen LogP contribution in [0.4, 0.5) is 4.39 Å². The second kappa shape index (κ2) is 10.4. The molecular formula is C31H36BFN4O3. The maximum absolute atomic E-state index is 15.3. The number of benzene rings is 2. The average Bonchev–Trinajstić information content (AvgIpc) is 3.35. The summed E-state index contributed by atoms with van der Waals surface area (Å²) in [4.78, 5) is 20.2. The Kier molecular flexibility index (Phi) is 7.31. The molecule has 0 spiro atoms. The van der Waals surface area contributed by atoms with E-state index in [2.05, 4.69) is 29.1 Å². The van der Waals surface area contributed by atoms with Crippen molar-refractivity contribution in [2.24, 2.45) is 0 Å². The van der Waals surface area contributed by atoms with E-state index in [1.807, 2.05) is 24.0 Å².